The highest BCUT2D eigenvalue weighted by molar-refractivity contribution is 5.79. The third-order valence-corrected chi connectivity index (χ3v) is 4.99. The highest BCUT2D eigenvalue weighted by Gasteiger charge is 2.24. The highest BCUT2D eigenvalue weighted by atomic mass is 16.5. The van der Waals surface area contributed by atoms with Gasteiger partial charge in [-0.2, -0.15) is 0 Å². The van der Waals surface area contributed by atoms with E-state index in [1.165, 1.54) is 5.69 Å². The maximum atomic E-state index is 12.8. The largest absolute Gasteiger partial charge is 0.497 e. The maximum absolute atomic E-state index is 12.8. The molecule has 0 saturated carbocycles. The Bertz CT molecular complexity index is 501. The SMILES string of the molecule is CCCCC(CC)C(=O)N1CCCN(c2ccc(OC)cc2)CC1. The van der Waals surface area contributed by atoms with Gasteiger partial charge in [-0.25, -0.2) is 0 Å². The molecular weight excluding hydrogens is 300 g/mol. The lowest BCUT2D eigenvalue weighted by Crippen LogP contribution is -2.39. The van der Waals surface area contributed by atoms with Crippen LogP contribution in [0.5, 0.6) is 5.75 Å². The minimum atomic E-state index is 0.206. The van der Waals surface area contributed by atoms with E-state index in [0.29, 0.717) is 5.91 Å². The van der Waals surface area contributed by atoms with Gasteiger partial charge < -0.3 is 14.5 Å². The van der Waals surface area contributed by atoms with Gasteiger partial charge in [0.05, 0.1) is 7.11 Å². The Hall–Kier alpha value is -1.71. The number of nitrogens with zero attached hydrogens (tertiary/aromatic N) is 2. The van der Waals surface area contributed by atoms with Crippen molar-refractivity contribution in [2.75, 3.05) is 38.2 Å². The van der Waals surface area contributed by atoms with Crippen molar-refractivity contribution in [3.05, 3.63) is 24.3 Å². The van der Waals surface area contributed by atoms with Gasteiger partial charge in [-0.05, 0) is 43.5 Å². The van der Waals surface area contributed by atoms with Gasteiger partial charge in [-0.1, -0.05) is 26.7 Å². The number of methoxy groups -OCH3 is 1. The number of unbranched alkanes of at least 4 members (excludes halogenated alkanes) is 1. The van der Waals surface area contributed by atoms with Crippen LogP contribution in [0.2, 0.25) is 0 Å². The van der Waals surface area contributed by atoms with Crippen molar-refractivity contribution in [2.24, 2.45) is 5.92 Å². The predicted octanol–water partition coefficient (Wildman–Crippen LogP) is 3.95. The summed E-state index contributed by atoms with van der Waals surface area (Å²) in [5.41, 5.74) is 1.21. The van der Waals surface area contributed by atoms with Crippen LogP contribution < -0.4 is 9.64 Å². The first-order chi connectivity index (χ1) is 11.7. The molecule has 0 N–H and O–H groups in total. The van der Waals surface area contributed by atoms with E-state index in [4.69, 9.17) is 4.74 Å². The van der Waals surface area contributed by atoms with Gasteiger partial charge in [0.15, 0.2) is 0 Å². The number of hydrogen-bond donors (Lipinski definition) is 0. The van der Waals surface area contributed by atoms with E-state index in [2.05, 4.69) is 35.8 Å². The normalized spacial score (nSPS) is 16.6. The molecular formula is C20H32N2O2. The summed E-state index contributed by atoms with van der Waals surface area (Å²) in [6, 6.07) is 8.21. The van der Waals surface area contributed by atoms with Gasteiger partial charge in [-0.3, -0.25) is 4.79 Å². The molecule has 2 rings (SSSR count). The quantitative estimate of drug-likeness (QED) is 0.758. The summed E-state index contributed by atoms with van der Waals surface area (Å²) < 4.78 is 5.23. The summed E-state index contributed by atoms with van der Waals surface area (Å²) in [4.78, 5) is 17.3. The summed E-state index contributed by atoms with van der Waals surface area (Å²) in [5.74, 6) is 1.45. The number of rotatable bonds is 7. The van der Waals surface area contributed by atoms with E-state index >= 15 is 0 Å². The van der Waals surface area contributed by atoms with Gasteiger partial charge >= 0.3 is 0 Å². The Balaban J connectivity index is 1.94. The lowest BCUT2D eigenvalue weighted by molar-refractivity contribution is -0.135. The number of amides is 1. The first-order valence-electron chi connectivity index (χ1n) is 9.37. The molecule has 0 spiro atoms. The van der Waals surface area contributed by atoms with Crippen molar-refractivity contribution in [3.8, 4) is 5.75 Å². The Kier molecular flexibility index (Phi) is 7.41. The summed E-state index contributed by atoms with van der Waals surface area (Å²) >= 11 is 0. The lowest BCUT2D eigenvalue weighted by atomic mass is 9.97. The smallest absolute Gasteiger partial charge is 0.225 e. The average Bonchev–Trinajstić information content (AvgIpc) is 2.88. The first kappa shape index (κ1) is 18.6. The van der Waals surface area contributed by atoms with Crippen LogP contribution >= 0.6 is 0 Å². The number of carbonyl (C=O) groups excluding carboxylic acids is 1. The number of carbonyl (C=O) groups is 1. The van der Waals surface area contributed by atoms with Crippen molar-refractivity contribution < 1.29 is 9.53 Å². The molecule has 134 valence electrons. The van der Waals surface area contributed by atoms with E-state index in [0.717, 1.165) is 64.0 Å². The molecule has 24 heavy (non-hydrogen) atoms. The molecule has 1 fully saturated rings. The van der Waals surface area contributed by atoms with Crippen molar-refractivity contribution >= 4 is 11.6 Å². The van der Waals surface area contributed by atoms with E-state index in [1.807, 2.05) is 12.1 Å². The van der Waals surface area contributed by atoms with Crippen molar-refractivity contribution in [2.45, 2.75) is 46.0 Å². The van der Waals surface area contributed by atoms with Gasteiger partial charge in [0.1, 0.15) is 5.75 Å². The van der Waals surface area contributed by atoms with Crippen molar-refractivity contribution in [1.29, 1.82) is 0 Å². The number of anilines is 1. The molecule has 1 heterocycles. The van der Waals surface area contributed by atoms with E-state index in [-0.39, 0.29) is 5.92 Å². The molecule has 4 heteroatoms. The third-order valence-electron chi connectivity index (χ3n) is 4.99. The Morgan fingerprint density at radius 1 is 1.12 bits per heavy atom. The zero-order valence-corrected chi connectivity index (χ0v) is 15.5. The lowest BCUT2D eigenvalue weighted by Gasteiger charge is -2.26. The second-order valence-corrected chi connectivity index (χ2v) is 6.61. The maximum Gasteiger partial charge on any atom is 0.225 e. The van der Waals surface area contributed by atoms with E-state index in [9.17, 15) is 4.79 Å². The van der Waals surface area contributed by atoms with Crippen LogP contribution in [-0.4, -0.2) is 44.1 Å². The zero-order chi connectivity index (χ0) is 17.4. The molecule has 1 unspecified atom stereocenters. The monoisotopic (exact) mass is 332 g/mol. The molecule has 1 aliphatic heterocycles. The first-order valence-corrected chi connectivity index (χ1v) is 9.37. The van der Waals surface area contributed by atoms with Crippen LogP contribution in [0.1, 0.15) is 46.0 Å². The minimum Gasteiger partial charge on any atom is -0.497 e. The Labute approximate surface area is 146 Å². The fourth-order valence-corrected chi connectivity index (χ4v) is 3.40. The summed E-state index contributed by atoms with van der Waals surface area (Å²) in [6.07, 6.45) is 5.33. The van der Waals surface area contributed by atoms with Crippen molar-refractivity contribution in [3.63, 3.8) is 0 Å². The topological polar surface area (TPSA) is 32.8 Å². The van der Waals surface area contributed by atoms with E-state index < -0.39 is 0 Å². The standard InChI is InChI=1S/C20H32N2O2/c1-4-6-8-17(5-2)20(23)22-14-7-13-21(15-16-22)18-9-11-19(24-3)12-10-18/h9-12,17H,4-8,13-16H2,1-3H3. The highest BCUT2D eigenvalue weighted by Crippen LogP contribution is 2.22. The molecule has 0 aromatic heterocycles. The molecule has 1 aromatic rings. The Morgan fingerprint density at radius 2 is 1.88 bits per heavy atom. The molecule has 1 atom stereocenters. The molecule has 0 bridgehead atoms. The molecule has 1 saturated heterocycles. The fraction of sp³-hybridized carbons (Fsp3) is 0.650. The van der Waals surface area contributed by atoms with Crippen LogP contribution in [0.25, 0.3) is 0 Å². The minimum absolute atomic E-state index is 0.206. The predicted molar refractivity (Wildman–Crippen MR) is 99.7 cm³/mol. The van der Waals surface area contributed by atoms with Crippen molar-refractivity contribution in [1.82, 2.24) is 4.90 Å². The number of benzene rings is 1. The fourth-order valence-electron chi connectivity index (χ4n) is 3.40. The van der Waals surface area contributed by atoms with Gasteiger partial charge in [0.25, 0.3) is 0 Å². The molecule has 4 nitrogen and oxygen atoms in total. The Morgan fingerprint density at radius 3 is 2.50 bits per heavy atom. The zero-order valence-electron chi connectivity index (χ0n) is 15.5. The van der Waals surface area contributed by atoms with Crippen LogP contribution in [0.3, 0.4) is 0 Å². The summed E-state index contributed by atoms with van der Waals surface area (Å²) in [5, 5.41) is 0. The van der Waals surface area contributed by atoms with Crippen LogP contribution in [0.4, 0.5) is 5.69 Å². The number of hydrogen-bond acceptors (Lipinski definition) is 3. The molecule has 0 aliphatic carbocycles. The summed E-state index contributed by atoms with van der Waals surface area (Å²) in [7, 11) is 1.69. The van der Waals surface area contributed by atoms with Gasteiger partial charge in [-0.15, -0.1) is 0 Å². The average molecular weight is 332 g/mol. The van der Waals surface area contributed by atoms with Crippen LogP contribution in [0.15, 0.2) is 24.3 Å². The second-order valence-electron chi connectivity index (χ2n) is 6.61. The number of ether oxygens (including phenoxy) is 1. The summed E-state index contributed by atoms with van der Waals surface area (Å²) in [6.45, 7) is 7.95. The molecule has 1 aromatic carbocycles. The van der Waals surface area contributed by atoms with Gasteiger partial charge in [0.2, 0.25) is 5.91 Å². The van der Waals surface area contributed by atoms with Crippen LogP contribution in [0, 0.1) is 5.92 Å². The molecule has 0 radical (unpaired) electrons. The third kappa shape index (κ3) is 4.89. The van der Waals surface area contributed by atoms with Gasteiger partial charge in [0, 0.05) is 37.8 Å². The molecule has 1 amide bonds. The second kappa shape index (κ2) is 9.55. The molecule has 1 aliphatic rings. The van der Waals surface area contributed by atoms with Crippen LogP contribution in [-0.2, 0) is 4.79 Å². The van der Waals surface area contributed by atoms with E-state index in [1.54, 1.807) is 7.11 Å².